The highest BCUT2D eigenvalue weighted by atomic mass is 35.5. The van der Waals surface area contributed by atoms with Gasteiger partial charge >= 0.3 is 6.03 Å². The van der Waals surface area contributed by atoms with Crippen molar-refractivity contribution in [1.82, 2.24) is 15.2 Å². The Morgan fingerprint density at radius 3 is 2.56 bits per heavy atom. The number of nitrogens with zero attached hydrogens (tertiary/aromatic N) is 2. The fraction of sp³-hybridized carbons (Fsp3) is 0.467. The molecule has 9 heteroatoms. The predicted octanol–water partition coefficient (Wildman–Crippen LogP) is 6.97. The molecule has 0 atom stereocenters. The van der Waals surface area contributed by atoms with Crippen molar-refractivity contribution < 1.29 is 19.0 Å². The molecule has 0 unspecified atom stereocenters. The van der Waals surface area contributed by atoms with E-state index in [-0.39, 0.29) is 11.4 Å². The van der Waals surface area contributed by atoms with Crippen LogP contribution in [0, 0.1) is 11.3 Å². The quantitative estimate of drug-likeness (QED) is 0.297. The highest BCUT2D eigenvalue weighted by molar-refractivity contribution is 6.33. The fourth-order valence-electron chi connectivity index (χ4n) is 4.43. The van der Waals surface area contributed by atoms with Crippen LogP contribution in [0.5, 0.6) is 23.0 Å². The zero-order valence-corrected chi connectivity index (χ0v) is 24.2. The predicted molar refractivity (Wildman–Crippen MR) is 157 cm³/mol. The van der Waals surface area contributed by atoms with Gasteiger partial charge in [-0.3, -0.25) is 4.98 Å². The van der Waals surface area contributed by atoms with Crippen LogP contribution in [0.4, 0.5) is 10.5 Å². The number of methoxy groups -OCH3 is 1. The molecular weight excluding hydrogens is 516 g/mol. The number of likely N-dealkylation sites (tertiary alicyclic amines) is 1. The van der Waals surface area contributed by atoms with Gasteiger partial charge in [0.1, 0.15) is 11.5 Å². The van der Waals surface area contributed by atoms with E-state index in [9.17, 15) is 4.79 Å². The number of hydrogen-bond acceptors (Lipinski definition) is 6. The fourth-order valence-corrected chi connectivity index (χ4v) is 4.65. The molecule has 0 saturated carbocycles. The molecule has 2 N–H and O–H groups in total. The number of aromatic nitrogens is 1. The van der Waals surface area contributed by atoms with Gasteiger partial charge in [0.25, 0.3) is 0 Å². The monoisotopic (exact) mass is 554 g/mol. The van der Waals surface area contributed by atoms with Crippen LogP contribution in [0.25, 0.3) is 10.9 Å². The minimum absolute atomic E-state index is 0.145. The van der Waals surface area contributed by atoms with Crippen LogP contribution in [0.2, 0.25) is 5.02 Å². The number of pyridine rings is 1. The second-order valence-corrected chi connectivity index (χ2v) is 11.7. The first-order chi connectivity index (χ1) is 18.6. The normalized spacial score (nSPS) is 14.7. The van der Waals surface area contributed by atoms with Crippen LogP contribution in [-0.4, -0.2) is 56.3 Å². The Kier molecular flexibility index (Phi) is 9.40. The molecule has 0 radical (unpaired) electrons. The summed E-state index contributed by atoms with van der Waals surface area (Å²) in [6, 6.07) is 10.4. The maximum Gasteiger partial charge on any atom is 0.319 e. The summed E-state index contributed by atoms with van der Waals surface area (Å²) in [4.78, 5) is 19.1. The molecule has 210 valence electrons. The van der Waals surface area contributed by atoms with E-state index in [0.717, 1.165) is 43.3 Å². The molecule has 0 bridgehead atoms. The average Bonchev–Trinajstić information content (AvgIpc) is 2.89. The van der Waals surface area contributed by atoms with Crippen molar-refractivity contribution in [2.24, 2.45) is 11.3 Å². The van der Waals surface area contributed by atoms with Gasteiger partial charge in [-0.25, -0.2) is 4.79 Å². The van der Waals surface area contributed by atoms with E-state index in [1.807, 2.05) is 12.1 Å². The molecule has 1 aromatic heterocycles. The molecule has 1 aliphatic rings. The van der Waals surface area contributed by atoms with E-state index in [0.29, 0.717) is 52.8 Å². The van der Waals surface area contributed by atoms with E-state index >= 15 is 0 Å². The number of ether oxygens (including phenoxy) is 3. The summed E-state index contributed by atoms with van der Waals surface area (Å²) in [5.41, 5.74) is 1.39. The first-order valence-electron chi connectivity index (χ1n) is 13.4. The molecule has 8 nitrogen and oxygen atoms in total. The van der Waals surface area contributed by atoms with Gasteiger partial charge in [-0.05, 0) is 75.0 Å². The molecular formula is C30H39ClN4O4. The molecule has 2 heterocycles. The van der Waals surface area contributed by atoms with Gasteiger partial charge in [0.2, 0.25) is 0 Å². The smallest absolute Gasteiger partial charge is 0.319 e. The Morgan fingerprint density at radius 2 is 1.87 bits per heavy atom. The number of carbonyl (C=O) groups is 1. The summed E-state index contributed by atoms with van der Waals surface area (Å²) < 4.78 is 18.0. The minimum atomic E-state index is -0.295. The number of carbonyl (C=O) groups excluding carboxylic acids is 1. The third-order valence-electron chi connectivity index (χ3n) is 6.88. The van der Waals surface area contributed by atoms with Crippen molar-refractivity contribution in [3.63, 3.8) is 0 Å². The van der Waals surface area contributed by atoms with Crippen molar-refractivity contribution in [3.05, 3.63) is 47.6 Å². The van der Waals surface area contributed by atoms with Crippen LogP contribution in [-0.2, 0) is 0 Å². The number of nitrogens with one attached hydrogen (secondary N) is 2. The molecule has 0 spiro atoms. The number of rotatable bonds is 9. The largest absolute Gasteiger partial charge is 0.493 e. The average molecular weight is 555 g/mol. The van der Waals surface area contributed by atoms with Crippen molar-refractivity contribution in [2.75, 3.05) is 45.7 Å². The summed E-state index contributed by atoms with van der Waals surface area (Å²) in [6.45, 7) is 9.82. The van der Waals surface area contributed by atoms with Crippen molar-refractivity contribution in [2.45, 2.75) is 40.0 Å². The van der Waals surface area contributed by atoms with E-state index in [2.05, 4.69) is 48.3 Å². The van der Waals surface area contributed by atoms with Gasteiger partial charge in [-0.2, -0.15) is 0 Å². The number of amides is 2. The SMILES string of the molecule is COc1cc2c(Oc3ccc(NC(=O)NCCC(C)(C)C)c(Cl)c3)ccnc2cc1OCC1CCN(C)CC1. The molecule has 4 rings (SSSR count). The molecule has 1 fully saturated rings. The number of hydrogen-bond donors (Lipinski definition) is 2. The Balaban J connectivity index is 1.44. The second kappa shape index (κ2) is 12.7. The maximum absolute atomic E-state index is 12.3. The Bertz CT molecular complexity index is 1290. The molecule has 1 aliphatic heterocycles. The number of urea groups is 1. The molecule has 0 aliphatic carbocycles. The van der Waals surface area contributed by atoms with Crippen molar-refractivity contribution in [1.29, 1.82) is 0 Å². The van der Waals surface area contributed by atoms with Crippen LogP contribution >= 0.6 is 11.6 Å². The zero-order valence-electron chi connectivity index (χ0n) is 23.5. The highest BCUT2D eigenvalue weighted by Gasteiger charge is 2.19. The summed E-state index contributed by atoms with van der Waals surface area (Å²) in [7, 11) is 3.79. The van der Waals surface area contributed by atoms with Crippen LogP contribution in [0.3, 0.4) is 0 Å². The van der Waals surface area contributed by atoms with Gasteiger partial charge < -0.3 is 29.7 Å². The highest BCUT2D eigenvalue weighted by Crippen LogP contribution is 2.38. The Labute approximate surface area is 236 Å². The Morgan fingerprint density at radius 1 is 1.10 bits per heavy atom. The van der Waals surface area contributed by atoms with E-state index < -0.39 is 0 Å². The van der Waals surface area contributed by atoms with E-state index in [4.69, 9.17) is 25.8 Å². The van der Waals surface area contributed by atoms with Gasteiger partial charge in [-0.1, -0.05) is 32.4 Å². The first kappa shape index (κ1) is 28.8. The number of benzene rings is 2. The van der Waals surface area contributed by atoms with Crippen molar-refractivity contribution in [3.8, 4) is 23.0 Å². The van der Waals surface area contributed by atoms with Crippen LogP contribution in [0.1, 0.15) is 40.0 Å². The Hall–Kier alpha value is -3.23. The summed E-state index contributed by atoms with van der Waals surface area (Å²) in [5.74, 6) is 2.97. The number of fused-ring (bicyclic) bond motifs is 1. The lowest BCUT2D eigenvalue weighted by atomic mass is 9.92. The molecule has 39 heavy (non-hydrogen) atoms. The van der Waals surface area contributed by atoms with Gasteiger partial charge in [0.05, 0.1) is 29.9 Å². The zero-order chi connectivity index (χ0) is 28.0. The summed E-state index contributed by atoms with van der Waals surface area (Å²) in [6.07, 6.45) is 4.82. The number of piperidine rings is 1. The third kappa shape index (κ3) is 8.13. The van der Waals surface area contributed by atoms with Gasteiger partial charge in [-0.15, -0.1) is 0 Å². The lowest BCUT2D eigenvalue weighted by molar-refractivity contribution is 0.157. The maximum atomic E-state index is 12.3. The third-order valence-corrected chi connectivity index (χ3v) is 7.19. The number of halogens is 1. The van der Waals surface area contributed by atoms with Crippen LogP contribution < -0.4 is 24.8 Å². The molecule has 2 aromatic carbocycles. The standard InChI is InChI=1S/C30H39ClN4O4/c1-30(2,3)11-13-33-29(36)34-24-7-6-21(16-23(24)31)39-26-8-12-32-25-18-28(27(37-5)17-22(25)26)38-19-20-9-14-35(4)15-10-20/h6-8,12,16-18,20H,9-11,13-15,19H2,1-5H3,(H2,33,34,36). The summed E-state index contributed by atoms with van der Waals surface area (Å²) >= 11 is 6.47. The van der Waals surface area contributed by atoms with Crippen molar-refractivity contribution >= 4 is 34.2 Å². The topological polar surface area (TPSA) is 85.0 Å². The molecule has 3 aromatic rings. The second-order valence-electron chi connectivity index (χ2n) is 11.3. The van der Waals surface area contributed by atoms with E-state index in [1.165, 1.54) is 0 Å². The van der Waals surface area contributed by atoms with Gasteiger partial charge in [0.15, 0.2) is 11.5 Å². The lowest BCUT2D eigenvalue weighted by Crippen LogP contribution is -2.32. The summed E-state index contributed by atoms with van der Waals surface area (Å²) in [5, 5.41) is 6.82. The van der Waals surface area contributed by atoms with Gasteiger partial charge in [0, 0.05) is 30.3 Å². The lowest BCUT2D eigenvalue weighted by Gasteiger charge is -2.28. The van der Waals surface area contributed by atoms with Crippen LogP contribution in [0.15, 0.2) is 42.6 Å². The first-order valence-corrected chi connectivity index (χ1v) is 13.8. The molecule has 2 amide bonds. The van der Waals surface area contributed by atoms with E-state index in [1.54, 1.807) is 37.6 Å². The number of anilines is 1. The minimum Gasteiger partial charge on any atom is -0.493 e. The molecule has 1 saturated heterocycles.